The van der Waals surface area contributed by atoms with Crippen molar-refractivity contribution in [3.63, 3.8) is 0 Å². The smallest absolute Gasteiger partial charge is 0.268 e. The molecule has 0 saturated heterocycles. The monoisotopic (exact) mass is 322 g/mol. The van der Waals surface area contributed by atoms with Gasteiger partial charge >= 0.3 is 0 Å². The number of aryl methyl sites for hydroxylation is 1. The highest BCUT2D eigenvalue weighted by atomic mass is 32.2. The van der Waals surface area contributed by atoms with E-state index in [1.54, 1.807) is 17.0 Å². The number of thiophene rings is 1. The second kappa shape index (κ2) is 4.94. The molecule has 2 heterocycles. The van der Waals surface area contributed by atoms with Gasteiger partial charge in [0.2, 0.25) is 10.0 Å². The van der Waals surface area contributed by atoms with Crippen molar-refractivity contribution in [2.24, 2.45) is 5.14 Å². The molecular formula is C14H14N2O3S2. The fraction of sp³-hybridized carbons (Fsp3) is 0.214. The van der Waals surface area contributed by atoms with E-state index in [0.29, 0.717) is 17.1 Å². The summed E-state index contributed by atoms with van der Waals surface area (Å²) >= 11 is 1.43. The molecule has 1 aromatic heterocycles. The van der Waals surface area contributed by atoms with E-state index in [-0.39, 0.29) is 10.8 Å². The fourth-order valence-electron chi connectivity index (χ4n) is 2.43. The Morgan fingerprint density at radius 1 is 1.29 bits per heavy atom. The molecule has 110 valence electrons. The van der Waals surface area contributed by atoms with Crippen LogP contribution in [-0.2, 0) is 16.4 Å². The zero-order valence-electron chi connectivity index (χ0n) is 11.4. The molecule has 0 spiro atoms. The van der Waals surface area contributed by atoms with E-state index >= 15 is 0 Å². The average molecular weight is 322 g/mol. The molecule has 0 fully saturated rings. The number of sulfonamides is 1. The lowest BCUT2D eigenvalue weighted by atomic mass is 10.2. The average Bonchev–Trinajstić information content (AvgIpc) is 3.02. The minimum atomic E-state index is -3.77. The molecule has 0 radical (unpaired) electrons. The van der Waals surface area contributed by atoms with Crippen molar-refractivity contribution in [2.75, 3.05) is 11.4 Å². The molecule has 0 bridgehead atoms. The van der Waals surface area contributed by atoms with Crippen molar-refractivity contribution < 1.29 is 13.2 Å². The molecule has 5 nitrogen and oxygen atoms in total. The topological polar surface area (TPSA) is 80.5 Å². The van der Waals surface area contributed by atoms with E-state index in [1.165, 1.54) is 23.5 Å². The third kappa shape index (κ3) is 2.59. The minimum Gasteiger partial charge on any atom is -0.307 e. The highest BCUT2D eigenvalue weighted by Gasteiger charge is 2.27. The number of amides is 1. The lowest BCUT2D eigenvalue weighted by Crippen LogP contribution is -2.28. The van der Waals surface area contributed by atoms with Crippen LogP contribution in [0.4, 0.5) is 5.69 Å². The predicted octanol–water partition coefficient (Wildman–Crippen LogP) is 1.91. The molecule has 2 N–H and O–H groups in total. The number of nitrogens with two attached hydrogens (primary N) is 1. The molecule has 0 atom stereocenters. The van der Waals surface area contributed by atoms with Crippen molar-refractivity contribution in [3.8, 4) is 0 Å². The highest BCUT2D eigenvalue weighted by molar-refractivity contribution is 7.89. The van der Waals surface area contributed by atoms with Gasteiger partial charge in [-0.2, -0.15) is 0 Å². The van der Waals surface area contributed by atoms with Crippen LogP contribution < -0.4 is 10.0 Å². The summed E-state index contributed by atoms with van der Waals surface area (Å²) in [6, 6.07) is 8.38. The van der Waals surface area contributed by atoms with Gasteiger partial charge in [-0.1, -0.05) is 6.07 Å². The lowest BCUT2D eigenvalue weighted by molar-refractivity contribution is 0.0993. The first-order valence-electron chi connectivity index (χ1n) is 6.40. The number of rotatable bonds is 2. The van der Waals surface area contributed by atoms with Crippen molar-refractivity contribution >= 4 is 33.0 Å². The number of benzene rings is 1. The summed E-state index contributed by atoms with van der Waals surface area (Å²) in [7, 11) is -3.77. The molecule has 0 saturated carbocycles. The summed E-state index contributed by atoms with van der Waals surface area (Å²) in [5.41, 5.74) is 1.60. The lowest BCUT2D eigenvalue weighted by Gasteiger charge is -2.16. The largest absolute Gasteiger partial charge is 0.307 e. The maximum atomic E-state index is 12.5. The fourth-order valence-corrected chi connectivity index (χ4v) is 3.78. The van der Waals surface area contributed by atoms with Crippen LogP contribution in [0.5, 0.6) is 0 Å². The summed E-state index contributed by atoms with van der Waals surface area (Å²) in [5.74, 6) is -0.0987. The maximum absolute atomic E-state index is 12.5. The molecule has 1 amide bonds. The Hall–Kier alpha value is -1.70. The Balaban J connectivity index is 2.01. The molecule has 7 heteroatoms. The van der Waals surface area contributed by atoms with E-state index in [0.717, 1.165) is 16.9 Å². The molecule has 3 rings (SSSR count). The van der Waals surface area contributed by atoms with Crippen LogP contribution in [-0.4, -0.2) is 20.9 Å². The number of carbonyl (C=O) groups is 1. The van der Waals surface area contributed by atoms with Crippen LogP contribution >= 0.6 is 11.3 Å². The zero-order valence-corrected chi connectivity index (χ0v) is 13.0. The summed E-state index contributed by atoms with van der Waals surface area (Å²) < 4.78 is 22.9. The summed E-state index contributed by atoms with van der Waals surface area (Å²) in [4.78, 5) is 15.9. The van der Waals surface area contributed by atoms with E-state index < -0.39 is 10.0 Å². The van der Waals surface area contributed by atoms with Gasteiger partial charge in [-0.15, -0.1) is 11.3 Å². The number of carbonyl (C=O) groups excluding carboxylic acids is 1. The Kier molecular flexibility index (Phi) is 3.35. The minimum absolute atomic E-state index is 0.0308. The standard InChI is InChI=1S/C14H14N2O3S2/c1-9-2-5-13(20-9)14(17)16-7-6-10-3-4-11(8-12(10)16)21(15,18)19/h2-5,8H,6-7H2,1H3,(H2,15,18,19). The number of hydrogen-bond acceptors (Lipinski definition) is 4. The maximum Gasteiger partial charge on any atom is 0.268 e. The number of hydrogen-bond donors (Lipinski definition) is 1. The molecule has 1 aliphatic rings. The van der Waals surface area contributed by atoms with Gasteiger partial charge in [0.05, 0.1) is 9.77 Å². The summed E-state index contributed by atoms with van der Waals surface area (Å²) in [6.45, 7) is 2.50. The predicted molar refractivity (Wildman–Crippen MR) is 82.3 cm³/mol. The van der Waals surface area contributed by atoms with Gasteiger partial charge in [0.15, 0.2) is 0 Å². The van der Waals surface area contributed by atoms with E-state index in [1.807, 2.05) is 13.0 Å². The number of primary sulfonamides is 1. The van der Waals surface area contributed by atoms with Crippen molar-refractivity contribution in [3.05, 3.63) is 45.6 Å². The van der Waals surface area contributed by atoms with Crippen LogP contribution in [0.2, 0.25) is 0 Å². The Bertz CT molecular complexity index is 824. The normalized spacial score (nSPS) is 14.3. The quantitative estimate of drug-likeness (QED) is 0.917. The molecule has 2 aromatic rings. The summed E-state index contributed by atoms with van der Waals surface area (Å²) in [5, 5.41) is 5.16. The Morgan fingerprint density at radius 2 is 2.05 bits per heavy atom. The van der Waals surface area contributed by atoms with Crippen molar-refractivity contribution in [2.45, 2.75) is 18.2 Å². The van der Waals surface area contributed by atoms with Gasteiger partial charge in [0.1, 0.15) is 0 Å². The van der Waals surface area contributed by atoms with Gasteiger partial charge < -0.3 is 4.90 Å². The third-order valence-electron chi connectivity index (χ3n) is 3.48. The first kappa shape index (κ1) is 14.2. The van der Waals surface area contributed by atoms with E-state index in [4.69, 9.17) is 5.14 Å². The van der Waals surface area contributed by atoms with E-state index in [9.17, 15) is 13.2 Å². The Labute approximate surface area is 127 Å². The number of fused-ring (bicyclic) bond motifs is 1. The van der Waals surface area contributed by atoms with Crippen LogP contribution in [0.1, 0.15) is 20.1 Å². The molecule has 0 aliphatic carbocycles. The highest BCUT2D eigenvalue weighted by Crippen LogP contribution is 2.32. The van der Waals surface area contributed by atoms with Gasteiger partial charge in [0, 0.05) is 17.1 Å². The molecule has 1 aromatic carbocycles. The molecular weight excluding hydrogens is 308 g/mol. The van der Waals surface area contributed by atoms with E-state index in [2.05, 4.69) is 0 Å². The number of nitrogens with zero attached hydrogens (tertiary/aromatic N) is 1. The molecule has 1 aliphatic heterocycles. The van der Waals surface area contributed by atoms with Crippen molar-refractivity contribution in [1.29, 1.82) is 0 Å². The second-order valence-electron chi connectivity index (χ2n) is 4.95. The van der Waals surface area contributed by atoms with Crippen LogP contribution in [0.25, 0.3) is 0 Å². The molecule has 21 heavy (non-hydrogen) atoms. The van der Waals surface area contributed by atoms with Crippen LogP contribution in [0, 0.1) is 6.92 Å². The van der Waals surface area contributed by atoms with Crippen LogP contribution in [0.15, 0.2) is 35.2 Å². The first-order valence-corrected chi connectivity index (χ1v) is 8.76. The second-order valence-corrected chi connectivity index (χ2v) is 7.80. The van der Waals surface area contributed by atoms with Crippen LogP contribution in [0.3, 0.4) is 0 Å². The third-order valence-corrected chi connectivity index (χ3v) is 5.38. The van der Waals surface area contributed by atoms with Crippen molar-refractivity contribution in [1.82, 2.24) is 0 Å². The van der Waals surface area contributed by atoms with Gasteiger partial charge in [-0.3, -0.25) is 4.79 Å². The first-order chi connectivity index (χ1) is 9.86. The van der Waals surface area contributed by atoms with Gasteiger partial charge in [-0.25, -0.2) is 13.6 Å². The summed E-state index contributed by atoms with van der Waals surface area (Å²) in [6.07, 6.45) is 0.719. The zero-order chi connectivity index (χ0) is 15.2. The van der Waals surface area contributed by atoms with Gasteiger partial charge in [0.25, 0.3) is 5.91 Å². The Morgan fingerprint density at radius 3 is 2.67 bits per heavy atom. The molecule has 0 unspecified atom stereocenters. The van der Waals surface area contributed by atoms with Gasteiger partial charge in [-0.05, 0) is 43.2 Å². The number of anilines is 1. The SMILES string of the molecule is Cc1ccc(C(=O)N2CCc3ccc(S(N)(=O)=O)cc32)s1.